The van der Waals surface area contributed by atoms with Gasteiger partial charge in [-0.2, -0.15) is 5.26 Å². The second-order valence-electron chi connectivity index (χ2n) is 2.82. The van der Waals surface area contributed by atoms with Crippen molar-refractivity contribution in [1.82, 2.24) is 4.98 Å². The third-order valence-corrected chi connectivity index (χ3v) is 2.67. The summed E-state index contributed by atoms with van der Waals surface area (Å²) in [7, 11) is 1.98. The molecule has 0 fully saturated rings. The number of anilines is 1. The van der Waals surface area contributed by atoms with Gasteiger partial charge in [0, 0.05) is 13.1 Å². The molecule has 0 saturated heterocycles. The van der Waals surface area contributed by atoms with Gasteiger partial charge in [0.2, 0.25) is 0 Å². The number of hydrogen-bond donors (Lipinski definition) is 0. The number of nitrogens with zero attached hydrogens (tertiary/aromatic N) is 3. The molecule has 0 aliphatic carbocycles. The topological polar surface area (TPSA) is 39.9 Å². The monoisotopic (exact) mass is 181 g/mol. The van der Waals surface area contributed by atoms with Crippen LogP contribution in [0.5, 0.6) is 0 Å². The van der Waals surface area contributed by atoms with Crippen molar-refractivity contribution in [2.45, 2.75) is 19.9 Å². The van der Waals surface area contributed by atoms with Gasteiger partial charge in [-0.25, -0.2) is 4.98 Å². The number of nitriles is 1. The molecular formula is C8H11N3S. The molecule has 1 aromatic rings. The fraction of sp³-hybridized carbons (Fsp3) is 0.500. The van der Waals surface area contributed by atoms with Gasteiger partial charge in [0.25, 0.3) is 0 Å². The van der Waals surface area contributed by atoms with Gasteiger partial charge in [-0.1, -0.05) is 11.3 Å². The molecule has 0 spiro atoms. The first-order chi connectivity index (χ1) is 5.65. The molecule has 0 bridgehead atoms. The Bertz CT molecular complexity index is 297. The number of thiazole rings is 1. The van der Waals surface area contributed by atoms with E-state index in [0.717, 1.165) is 5.13 Å². The fourth-order valence-electron chi connectivity index (χ4n) is 0.701. The minimum absolute atomic E-state index is 0.419. The van der Waals surface area contributed by atoms with Gasteiger partial charge in [-0.05, 0) is 13.8 Å². The molecule has 0 aromatic carbocycles. The van der Waals surface area contributed by atoms with Crippen molar-refractivity contribution in [2.75, 3.05) is 11.9 Å². The molecule has 0 saturated carbocycles. The molecule has 12 heavy (non-hydrogen) atoms. The van der Waals surface area contributed by atoms with Gasteiger partial charge in [0.05, 0.1) is 6.20 Å². The highest BCUT2D eigenvalue weighted by atomic mass is 32.1. The molecule has 1 rings (SSSR count). The normalized spacial score (nSPS) is 9.92. The van der Waals surface area contributed by atoms with E-state index >= 15 is 0 Å². The van der Waals surface area contributed by atoms with Crippen LogP contribution in [-0.2, 0) is 0 Å². The molecule has 0 amide bonds. The first-order valence-electron chi connectivity index (χ1n) is 3.74. The van der Waals surface area contributed by atoms with E-state index in [9.17, 15) is 0 Å². The van der Waals surface area contributed by atoms with Gasteiger partial charge in [-0.15, -0.1) is 0 Å². The van der Waals surface area contributed by atoms with Crippen LogP contribution >= 0.6 is 11.3 Å². The molecule has 0 radical (unpaired) electrons. The number of rotatable bonds is 2. The lowest BCUT2D eigenvalue weighted by molar-refractivity contribution is 0.751. The van der Waals surface area contributed by atoms with Gasteiger partial charge in [0.15, 0.2) is 5.13 Å². The Labute approximate surface area is 76.3 Å². The summed E-state index contributed by atoms with van der Waals surface area (Å²) in [6.45, 7) is 4.18. The Hall–Kier alpha value is -1.08. The maximum absolute atomic E-state index is 8.57. The highest BCUT2D eigenvalue weighted by Crippen LogP contribution is 2.21. The number of hydrogen-bond acceptors (Lipinski definition) is 4. The molecule has 3 nitrogen and oxygen atoms in total. The predicted octanol–water partition coefficient (Wildman–Crippen LogP) is 1.86. The summed E-state index contributed by atoms with van der Waals surface area (Å²) in [5, 5.41) is 9.48. The van der Waals surface area contributed by atoms with Crippen molar-refractivity contribution in [2.24, 2.45) is 0 Å². The second kappa shape index (κ2) is 3.55. The summed E-state index contributed by atoms with van der Waals surface area (Å²) in [6, 6.07) is 2.49. The molecule has 4 heteroatoms. The van der Waals surface area contributed by atoms with Crippen LogP contribution in [0.15, 0.2) is 6.20 Å². The lowest BCUT2D eigenvalue weighted by Gasteiger charge is -2.19. The average Bonchev–Trinajstić information content (AvgIpc) is 2.50. The van der Waals surface area contributed by atoms with Gasteiger partial charge in [-0.3, -0.25) is 0 Å². The van der Waals surface area contributed by atoms with Crippen LogP contribution in [0.1, 0.15) is 18.7 Å². The Balaban J connectivity index is 2.83. The minimum Gasteiger partial charge on any atom is -0.349 e. The first-order valence-corrected chi connectivity index (χ1v) is 4.55. The molecular weight excluding hydrogens is 170 g/mol. The maximum Gasteiger partial charge on any atom is 0.186 e. The van der Waals surface area contributed by atoms with E-state index in [-0.39, 0.29) is 0 Å². The SMILES string of the molecule is CC(C)N(C)c1ncc(C#N)s1. The van der Waals surface area contributed by atoms with Crippen molar-refractivity contribution in [3.8, 4) is 6.07 Å². The first kappa shape index (κ1) is 9.01. The van der Waals surface area contributed by atoms with Crippen molar-refractivity contribution < 1.29 is 0 Å². The summed E-state index contributed by atoms with van der Waals surface area (Å²) < 4.78 is 0. The summed E-state index contributed by atoms with van der Waals surface area (Å²) in [4.78, 5) is 6.84. The van der Waals surface area contributed by atoms with E-state index in [4.69, 9.17) is 5.26 Å². The number of aromatic nitrogens is 1. The van der Waals surface area contributed by atoms with E-state index in [0.29, 0.717) is 10.9 Å². The smallest absolute Gasteiger partial charge is 0.186 e. The Kier molecular flexibility index (Phi) is 2.66. The molecule has 1 aromatic heterocycles. The van der Waals surface area contributed by atoms with Crippen LogP contribution < -0.4 is 4.90 Å². The Morgan fingerprint density at radius 3 is 2.75 bits per heavy atom. The summed E-state index contributed by atoms with van der Waals surface area (Å²) in [5.41, 5.74) is 0. The summed E-state index contributed by atoms with van der Waals surface area (Å²) >= 11 is 1.42. The molecule has 0 aliphatic heterocycles. The van der Waals surface area contributed by atoms with E-state index in [1.165, 1.54) is 11.3 Å². The lowest BCUT2D eigenvalue weighted by Crippen LogP contribution is -2.25. The molecule has 0 aliphatic rings. The quantitative estimate of drug-likeness (QED) is 0.699. The molecule has 0 N–H and O–H groups in total. The molecule has 64 valence electrons. The Morgan fingerprint density at radius 2 is 2.33 bits per heavy atom. The zero-order chi connectivity index (χ0) is 9.14. The summed E-state index contributed by atoms with van der Waals surface area (Å²) in [6.07, 6.45) is 1.61. The van der Waals surface area contributed by atoms with Crippen LogP contribution in [0, 0.1) is 11.3 Å². The van der Waals surface area contributed by atoms with Gasteiger partial charge < -0.3 is 4.90 Å². The van der Waals surface area contributed by atoms with Crippen molar-refractivity contribution in [1.29, 1.82) is 5.26 Å². The standard InChI is InChI=1S/C8H11N3S/c1-6(2)11(3)8-10-5-7(4-9)12-8/h5-6H,1-3H3. The van der Waals surface area contributed by atoms with Crippen LogP contribution in [0.3, 0.4) is 0 Å². The minimum atomic E-state index is 0.419. The molecule has 1 heterocycles. The second-order valence-corrected chi connectivity index (χ2v) is 3.83. The van der Waals surface area contributed by atoms with Gasteiger partial charge >= 0.3 is 0 Å². The third kappa shape index (κ3) is 1.74. The molecule has 0 atom stereocenters. The zero-order valence-electron chi connectivity index (χ0n) is 7.40. The highest BCUT2D eigenvalue weighted by molar-refractivity contribution is 7.16. The molecule has 0 unspecified atom stereocenters. The predicted molar refractivity (Wildman–Crippen MR) is 50.4 cm³/mol. The van der Waals surface area contributed by atoms with Crippen LogP contribution in [0.4, 0.5) is 5.13 Å². The zero-order valence-corrected chi connectivity index (χ0v) is 8.22. The largest absolute Gasteiger partial charge is 0.349 e. The van der Waals surface area contributed by atoms with E-state index in [1.54, 1.807) is 6.20 Å². The average molecular weight is 181 g/mol. The van der Waals surface area contributed by atoms with Crippen molar-refractivity contribution in [3.05, 3.63) is 11.1 Å². The highest BCUT2D eigenvalue weighted by Gasteiger charge is 2.08. The van der Waals surface area contributed by atoms with E-state index in [2.05, 4.69) is 24.9 Å². The van der Waals surface area contributed by atoms with Gasteiger partial charge in [0.1, 0.15) is 10.9 Å². The van der Waals surface area contributed by atoms with Crippen LogP contribution in [0.25, 0.3) is 0 Å². The van der Waals surface area contributed by atoms with Crippen molar-refractivity contribution in [3.63, 3.8) is 0 Å². The van der Waals surface area contributed by atoms with Crippen LogP contribution in [-0.4, -0.2) is 18.1 Å². The Morgan fingerprint density at radius 1 is 1.67 bits per heavy atom. The lowest BCUT2D eigenvalue weighted by atomic mass is 10.4. The van der Waals surface area contributed by atoms with Crippen molar-refractivity contribution >= 4 is 16.5 Å². The van der Waals surface area contributed by atoms with E-state index < -0.39 is 0 Å². The summed E-state index contributed by atoms with van der Waals surface area (Å²) in [5.74, 6) is 0. The fourth-order valence-corrected chi connectivity index (χ4v) is 1.51. The maximum atomic E-state index is 8.57. The van der Waals surface area contributed by atoms with Crippen LogP contribution in [0.2, 0.25) is 0 Å². The third-order valence-electron chi connectivity index (χ3n) is 1.68. The van der Waals surface area contributed by atoms with E-state index in [1.807, 2.05) is 11.9 Å².